The number of hydrogen-bond donors (Lipinski definition) is 1. The van der Waals surface area contributed by atoms with Gasteiger partial charge in [0.1, 0.15) is 0 Å². The predicted octanol–water partition coefficient (Wildman–Crippen LogP) is 2.74. The Labute approximate surface area is 96.5 Å². The first kappa shape index (κ1) is 11.1. The topological polar surface area (TPSA) is 38.9 Å². The Morgan fingerprint density at radius 2 is 2.06 bits per heavy atom. The van der Waals surface area contributed by atoms with Gasteiger partial charge in [0.05, 0.1) is 5.52 Å². The zero-order valence-corrected chi connectivity index (χ0v) is 9.96. The highest BCUT2D eigenvalue weighted by Crippen LogP contribution is 2.22. The highest BCUT2D eigenvalue weighted by Gasteiger charge is 2.05. The molecule has 0 aliphatic heterocycles. The fraction of sp³-hybridized carbons (Fsp3) is 0.357. The van der Waals surface area contributed by atoms with Crippen molar-refractivity contribution in [3.8, 4) is 0 Å². The van der Waals surface area contributed by atoms with E-state index in [0.717, 1.165) is 30.6 Å². The van der Waals surface area contributed by atoms with Crippen LogP contribution in [-0.4, -0.2) is 11.5 Å². The summed E-state index contributed by atoms with van der Waals surface area (Å²) in [4.78, 5) is 4.61. The van der Waals surface area contributed by atoms with Gasteiger partial charge in [-0.05, 0) is 50.4 Å². The molecule has 0 spiro atoms. The number of pyridine rings is 1. The monoisotopic (exact) mass is 214 g/mol. The third-order valence-corrected chi connectivity index (χ3v) is 2.91. The molecule has 2 nitrogen and oxygen atoms in total. The molecule has 0 saturated carbocycles. The van der Waals surface area contributed by atoms with Crippen LogP contribution in [0.2, 0.25) is 0 Å². The van der Waals surface area contributed by atoms with Crippen molar-refractivity contribution in [2.24, 2.45) is 5.73 Å². The maximum atomic E-state index is 5.57. The van der Waals surface area contributed by atoms with Gasteiger partial charge in [-0.1, -0.05) is 18.2 Å². The minimum Gasteiger partial charge on any atom is -0.330 e. The van der Waals surface area contributed by atoms with Crippen molar-refractivity contribution in [2.75, 3.05) is 6.54 Å². The zero-order valence-electron chi connectivity index (χ0n) is 9.96. The summed E-state index contributed by atoms with van der Waals surface area (Å²) in [7, 11) is 0. The second-order valence-corrected chi connectivity index (χ2v) is 4.29. The van der Waals surface area contributed by atoms with Gasteiger partial charge in [-0.25, -0.2) is 0 Å². The maximum Gasteiger partial charge on any atom is 0.0737 e. The highest BCUT2D eigenvalue weighted by atomic mass is 14.7. The van der Waals surface area contributed by atoms with Crippen LogP contribution < -0.4 is 5.73 Å². The van der Waals surface area contributed by atoms with Gasteiger partial charge in [0.15, 0.2) is 0 Å². The normalized spacial score (nSPS) is 10.9. The first-order valence-electron chi connectivity index (χ1n) is 5.78. The molecule has 0 unspecified atom stereocenters. The molecule has 1 heterocycles. The van der Waals surface area contributed by atoms with Crippen molar-refractivity contribution < 1.29 is 0 Å². The van der Waals surface area contributed by atoms with Crippen molar-refractivity contribution in [2.45, 2.75) is 26.7 Å². The van der Waals surface area contributed by atoms with E-state index in [-0.39, 0.29) is 0 Å². The fourth-order valence-electron chi connectivity index (χ4n) is 2.10. The quantitative estimate of drug-likeness (QED) is 0.853. The van der Waals surface area contributed by atoms with Crippen molar-refractivity contribution >= 4 is 10.9 Å². The molecule has 84 valence electrons. The van der Waals surface area contributed by atoms with Crippen LogP contribution in [0.25, 0.3) is 10.9 Å². The number of hydrogen-bond acceptors (Lipinski definition) is 2. The van der Waals surface area contributed by atoms with E-state index < -0.39 is 0 Å². The van der Waals surface area contributed by atoms with E-state index in [1.807, 2.05) is 0 Å². The van der Waals surface area contributed by atoms with Crippen LogP contribution in [0.4, 0.5) is 0 Å². The number of nitrogens with zero attached hydrogens (tertiary/aromatic N) is 1. The lowest BCUT2D eigenvalue weighted by Gasteiger charge is -2.09. The number of aryl methyl sites for hydroxylation is 3. The Kier molecular flexibility index (Phi) is 3.20. The van der Waals surface area contributed by atoms with Crippen LogP contribution in [0.15, 0.2) is 24.3 Å². The van der Waals surface area contributed by atoms with Crippen molar-refractivity contribution in [3.05, 3.63) is 41.1 Å². The molecular weight excluding hydrogens is 196 g/mol. The fourth-order valence-corrected chi connectivity index (χ4v) is 2.10. The Morgan fingerprint density at radius 1 is 1.25 bits per heavy atom. The molecule has 2 aromatic rings. The Hall–Kier alpha value is -1.41. The summed E-state index contributed by atoms with van der Waals surface area (Å²) >= 11 is 0. The Balaban J connectivity index is 2.59. The summed E-state index contributed by atoms with van der Waals surface area (Å²) in [5, 5.41) is 1.28. The molecule has 0 aliphatic carbocycles. The summed E-state index contributed by atoms with van der Waals surface area (Å²) in [6, 6.07) is 8.54. The number of para-hydroxylation sites is 1. The minimum absolute atomic E-state index is 0.745. The maximum absolute atomic E-state index is 5.57. The van der Waals surface area contributed by atoms with Crippen molar-refractivity contribution in [1.82, 2.24) is 4.98 Å². The van der Waals surface area contributed by atoms with E-state index in [1.165, 1.54) is 16.5 Å². The van der Waals surface area contributed by atoms with E-state index in [2.05, 4.69) is 43.1 Å². The molecule has 0 radical (unpaired) electrons. The second kappa shape index (κ2) is 4.62. The van der Waals surface area contributed by atoms with Gasteiger partial charge in [0, 0.05) is 11.1 Å². The number of fused-ring (bicyclic) bond motifs is 1. The third kappa shape index (κ3) is 2.07. The molecule has 1 aromatic carbocycles. The lowest BCUT2D eigenvalue weighted by atomic mass is 10.0. The molecule has 0 fully saturated rings. The minimum atomic E-state index is 0.745. The first-order chi connectivity index (χ1) is 7.72. The average molecular weight is 214 g/mol. The van der Waals surface area contributed by atoms with Gasteiger partial charge in [-0.15, -0.1) is 0 Å². The van der Waals surface area contributed by atoms with Crippen molar-refractivity contribution in [3.63, 3.8) is 0 Å². The van der Waals surface area contributed by atoms with Crippen LogP contribution in [0, 0.1) is 13.8 Å². The standard InChI is InChI=1S/C14H18N2/c1-10-5-3-7-13-12(6-4-8-15)9-11(2)16-14(10)13/h3,5,7,9H,4,6,8,15H2,1-2H3. The lowest BCUT2D eigenvalue weighted by Crippen LogP contribution is -2.01. The summed E-state index contributed by atoms with van der Waals surface area (Å²) < 4.78 is 0. The van der Waals surface area contributed by atoms with Crippen LogP contribution in [0.5, 0.6) is 0 Å². The van der Waals surface area contributed by atoms with E-state index in [9.17, 15) is 0 Å². The van der Waals surface area contributed by atoms with Crippen LogP contribution >= 0.6 is 0 Å². The van der Waals surface area contributed by atoms with Gasteiger partial charge in [-0.2, -0.15) is 0 Å². The molecule has 1 aromatic heterocycles. The number of aromatic nitrogens is 1. The van der Waals surface area contributed by atoms with E-state index in [0.29, 0.717) is 0 Å². The van der Waals surface area contributed by atoms with Gasteiger partial charge in [-0.3, -0.25) is 4.98 Å². The van der Waals surface area contributed by atoms with E-state index in [1.54, 1.807) is 0 Å². The largest absolute Gasteiger partial charge is 0.330 e. The van der Waals surface area contributed by atoms with Gasteiger partial charge in [0.25, 0.3) is 0 Å². The van der Waals surface area contributed by atoms with E-state index in [4.69, 9.17) is 5.73 Å². The molecule has 16 heavy (non-hydrogen) atoms. The number of rotatable bonds is 3. The number of nitrogens with two attached hydrogens (primary N) is 1. The average Bonchev–Trinajstić information content (AvgIpc) is 2.27. The van der Waals surface area contributed by atoms with E-state index >= 15 is 0 Å². The van der Waals surface area contributed by atoms with Crippen molar-refractivity contribution in [1.29, 1.82) is 0 Å². The van der Waals surface area contributed by atoms with Crippen LogP contribution in [0.3, 0.4) is 0 Å². The molecule has 0 saturated heterocycles. The molecule has 0 bridgehead atoms. The van der Waals surface area contributed by atoms with Gasteiger partial charge < -0.3 is 5.73 Å². The van der Waals surface area contributed by atoms with Crippen LogP contribution in [0.1, 0.15) is 23.2 Å². The summed E-state index contributed by atoms with van der Waals surface area (Å²) in [5.41, 5.74) is 10.4. The SMILES string of the molecule is Cc1cc(CCCN)c2cccc(C)c2n1. The second-order valence-electron chi connectivity index (χ2n) is 4.29. The lowest BCUT2D eigenvalue weighted by molar-refractivity contribution is 0.835. The first-order valence-corrected chi connectivity index (χ1v) is 5.78. The smallest absolute Gasteiger partial charge is 0.0737 e. The summed E-state index contributed by atoms with van der Waals surface area (Å²) in [6.45, 7) is 4.91. The molecule has 0 aliphatic rings. The summed E-state index contributed by atoms with van der Waals surface area (Å²) in [6.07, 6.45) is 2.08. The zero-order chi connectivity index (χ0) is 11.5. The van der Waals surface area contributed by atoms with Gasteiger partial charge >= 0.3 is 0 Å². The van der Waals surface area contributed by atoms with Gasteiger partial charge in [0.2, 0.25) is 0 Å². The highest BCUT2D eigenvalue weighted by molar-refractivity contribution is 5.85. The Bertz CT molecular complexity index is 503. The molecular formula is C14H18N2. The molecule has 0 amide bonds. The molecule has 2 heteroatoms. The molecule has 2 N–H and O–H groups in total. The van der Waals surface area contributed by atoms with Crippen LogP contribution in [-0.2, 0) is 6.42 Å². The number of benzene rings is 1. The predicted molar refractivity (Wildman–Crippen MR) is 68.6 cm³/mol. The summed E-state index contributed by atoms with van der Waals surface area (Å²) in [5.74, 6) is 0. The third-order valence-electron chi connectivity index (χ3n) is 2.91. The Morgan fingerprint density at radius 3 is 2.81 bits per heavy atom. The molecule has 2 rings (SSSR count). The molecule has 0 atom stereocenters.